The first kappa shape index (κ1) is 15.8. The molecule has 1 fully saturated rings. The second kappa shape index (κ2) is 6.19. The van der Waals surface area contributed by atoms with E-state index in [1.54, 1.807) is 0 Å². The maximum atomic E-state index is 12.8. The fourth-order valence-corrected chi connectivity index (χ4v) is 4.00. The predicted molar refractivity (Wildman–Crippen MR) is 87.7 cm³/mol. The molecule has 4 nitrogen and oxygen atoms in total. The van der Waals surface area contributed by atoms with E-state index in [-0.39, 0.29) is 23.8 Å². The van der Waals surface area contributed by atoms with Crippen LogP contribution < -0.4 is 5.32 Å². The third kappa shape index (κ3) is 2.90. The van der Waals surface area contributed by atoms with Gasteiger partial charge in [0, 0.05) is 0 Å². The summed E-state index contributed by atoms with van der Waals surface area (Å²) < 4.78 is 0. The van der Waals surface area contributed by atoms with Gasteiger partial charge >= 0.3 is 5.97 Å². The maximum Gasteiger partial charge on any atom is 0.307 e. The van der Waals surface area contributed by atoms with E-state index >= 15 is 0 Å². The average molecular weight is 313 g/mol. The molecular weight excluding hydrogens is 290 g/mol. The lowest BCUT2D eigenvalue weighted by atomic mass is 9.82. The Morgan fingerprint density at radius 3 is 2.35 bits per heavy atom. The van der Waals surface area contributed by atoms with Crippen molar-refractivity contribution >= 4 is 11.9 Å². The highest BCUT2D eigenvalue weighted by atomic mass is 16.4. The summed E-state index contributed by atoms with van der Waals surface area (Å²) in [5.41, 5.74) is 2.25. The number of rotatable bonds is 5. The summed E-state index contributed by atoms with van der Waals surface area (Å²) in [5, 5.41) is 12.6. The van der Waals surface area contributed by atoms with Crippen LogP contribution in [0.25, 0.3) is 0 Å². The second-order valence-corrected chi connectivity index (χ2v) is 6.72. The molecule has 2 N–H and O–H groups in total. The van der Waals surface area contributed by atoms with Gasteiger partial charge in [0.05, 0.1) is 17.9 Å². The van der Waals surface area contributed by atoms with Crippen molar-refractivity contribution in [2.75, 3.05) is 0 Å². The lowest BCUT2D eigenvalue weighted by Crippen LogP contribution is -2.41. The molecule has 1 aromatic carbocycles. The highest BCUT2D eigenvalue weighted by Crippen LogP contribution is 2.48. The molecule has 1 amide bonds. The first-order chi connectivity index (χ1) is 11.0. The quantitative estimate of drug-likeness (QED) is 0.821. The van der Waals surface area contributed by atoms with Gasteiger partial charge in [0.25, 0.3) is 0 Å². The average Bonchev–Trinajstić information content (AvgIpc) is 3.14. The number of carbonyl (C=O) groups is 2. The Labute approximate surface area is 136 Å². The zero-order valence-electron chi connectivity index (χ0n) is 13.5. The highest BCUT2D eigenvalue weighted by molar-refractivity contribution is 5.87. The lowest BCUT2D eigenvalue weighted by Gasteiger charge is -2.26. The van der Waals surface area contributed by atoms with Crippen molar-refractivity contribution in [2.24, 2.45) is 23.7 Å². The van der Waals surface area contributed by atoms with Crippen LogP contribution in [-0.4, -0.2) is 17.0 Å². The Bertz CT molecular complexity index is 635. The summed E-state index contributed by atoms with van der Waals surface area (Å²) in [5.74, 6) is -1.93. The van der Waals surface area contributed by atoms with E-state index in [2.05, 4.69) is 5.32 Å². The summed E-state index contributed by atoms with van der Waals surface area (Å²) >= 11 is 0. The summed E-state index contributed by atoms with van der Waals surface area (Å²) in [4.78, 5) is 24.3. The van der Waals surface area contributed by atoms with Crippen molar-refractivity contribution in [1.82, 2.24) is 5.32 Å². The second-order valence-electron chi connectivity index (χ2n) is 6.72. The molecule has 0 spiro atoms. The fraction of sp³-hybridized carbons (Fsp3) is 0.474. The number of fused-ring (bicyclic) bond motifs is 2. The monoisotopic (exact) mass is 313 g/mol. The minimum absolute atomic E-state index is 0.00713. The number of aryl methyl sites for hydroxylation is 1. The molecule has 1 saturated carbocycles. The minimum Gasteiger partial charge on any atom is -0.481 e. The molecular formula is C19H23NO3. The summed E-state index contributed by atoms with van der Waals surface area (Å²) in [6.45, 7) is 4.06. The molecule has 0 aliphatic heterocycles. The molecule has 4 heteroatoms. The molecule has 2 bridgehead atoms. The van der Waals surface area contributed by atoms with Crippen LogP contribution in [0.4, 0.5) is 0 Å². The van der Waals surface area contributed by atoms with Gasteiger partial charge in [-0.2, -0.15) is 0 Å². The Balaban J connectivity index is 1.76. The molecule has 0 aromatic heterocycles. The van der Waals surface area contributed by atoms with Gasteiger partial charge in [-0.1, -0.05) is 48.9 Å². The zero-order valence-corrected chi connectivity index (χ0v) is 13.5. The number of allylic oxidation sites excluding steroid dienone is 2. The van der Waals surface area contributed by atoms with E-state index in [4.69, 9.17) is 0 Å². The van der Waals surface area contributed by atoms with Crippen molar-refractivity contribution in [2.45, 2.75) is 32.7 Å². The van der Waals surface area contributed by atoms with Gasteiger partial charge in [-0.3, -0.25) is 9.59 Å². The SMILES string of the molecule is CC[C@@H](NC(=O)[C@H]1[C@@H](C(=O)O)[C@H]2C=C[C@H]1C2)c1ccc(C)cc1. The zero-order chi connectivity index (χ0) is 16.6. The predicted octanol–water partition coefficient (Wildman–Crippen LogP) is 3.09. The summed E-state index contributed by atoms with van der Waals surface area (Å²) in [6, 6.07) is 8.05. The van der Waals surface area contributed by atoms with Crippen LogP contribution in [-0.2, 0) is 9.59 Å². The van der Waals surface area contributed by atoms with Gasteiger partial charge in [-0.15, -0.1) is 0 Å². The van der Waals surface area contributed by atoms with Gasteiger partial charge < -0.3 is 10.4 Å². The maximum absolute atomic E-state index is 12.8. The molecule has 5 atom stereocenters. The van der Waals surface area contributed by atoms with E-state index in [1.165, 1.54) is 5.56 Å². The first-order valence-electron chi connectivity index (χ1n) is 8.29. The van der Waals surface area contributed by atoms with Crippen molar-refractivity contribution < 1.29 is 14.7 Å². The Morgan fingerprint density at radius 1 is 1.17 bits per heavy atom. The van der Waals surface area contributed by atoms with E-state index < -0.39 is 17.8 Å². The smallest absolute Gasteiger partial charge is 0.307 e. The normalized spacial score (nSPS) is 29.5. The third-order valence-corrected chi connectivity index (χ3v) is 5.25. The molecule has 0 radical (unpaired) electrons. The topological polar surface area (TPSA) is 66.4 Å². The van der Waals surface area contributed by atoms with Crippen LogP contribution in [0.2, 0.25) is 0 Å². The van der Waals surface area contributed by atoms with Gasteiger partial charge in [0.15, 0.2) is 0 Å². The number of benzene rings is 1. The number of nitrogens with one attached hydrogen (secondary N) is 1. The van der Waals surface area contributed by atoms with E-state index in [0.717, 1.165) is 18.4 Å². The Kier molecular flexibility index (Phi) is 4.24. The number of carboxylic acids is 1. The van der Waals surface area contributed by atoms with Crippen LogP contribution in [0.15, 0.2) is 36.4 Å². The molecule has 1 aromatic rings. The van der Waals surface area contributed by atoms with Gasteiger partial charge in [0.1, 0.15) is 0 Å². The molecule has 2 aliphatic carbocycles. The fourth-order valence-electron chi connectivity index (χ4n) is 4.00. The number of aliphatic carboxylic acids is 1. The van der Waals surface area contributed by atoms with Crippen LogP contribution in [0.3, 0.4) is 0 Å². The Morgan fingerprint density at radius 2 is 1.78 bits per heavy atom. The van der Waals surface area contributed by atoms with Crippen molar-refractivity contribution in [1.29, 1.82) is 0 Å². The number of hydrogen-bond donors (Lipinski definition) is 2. The van der Waals surface area contributed by atoms with Crippen molar-refractivity contribution in [3.63, 3.8) is 0 Å². The summed E-state index contributed by atoms with van der Waals surface area (Å²) in [6.07, 6.45) is 5.55. The number of carboxylic acid groups (broad SMARTS) is 1. The van der Waals surface area contributed by atoms with Gasteiger partial charge in [-0.25, -0.2) is 0 Å². The van der Waals surface area contributed by atoms with Gasteiger partial charge in [0.2, 0.25) is 5.91 Å². The van der Waals surface area contributed by atoms with Crippen molar-refractivity contribution in [3.8, 4) is 0 Å². The van der Waals surface area contributed by atoms with E-state index in [0.29, 0.717) is 0 Å². The number of amides is 1. The third-order valence-electron chi connectivity index (χ3n) is 5.25. The van der Waals surface area contributed by atoms with E-state index in [1.807, 2.05) is 50.3 Å². The van der Waals surface area contributed by atoms with Crippen LogP contribution in [0.1, 0.15) is 36.9 Å². The molecule has 3 rings (SSSR count). The Hall–Kier alpha value is -2.10. The first-order valence-corrected chi connectivity index (χ1v) is 8.29. The molecule has 0 unspecified atom stereocenters. The standard InChI is InChI=1S/C19H23NO3/c1-3-15(12-6-4-11(2)5-7-12)20-18(21)16-13-8-9-14(10-13)17(16)19(22)23/h4-9,13-17H,3,10H2,1-2H3,(H,20,21)(H,22,23)/t13-,14-,15+,16+,17-/m0/s1. The lowest BCUT2D eigenvalue weighted by molar-refractivity contribution is -0.148. The molecule has 23 heavy (non-hydrogen) atoms. The van der Waals surface area contributed by atoms with Gasteiger partial charge in [-0.05, 0) is 37.2 Å². The van der Waals surface area contributed by atoms with Crippen LogP contribution in [0.5, 0.6) is 0 Å². The highest BCUT2D eigenvalue weighted by Gasteiger charge is 2.51. The summed E-state index contributed by atoms with van der Waals surface area (Å²) in [7, 11) is 0. The number of carbonyl (C=O) groups excluding carboxylic acids is 1. The number of hydrogen-bond acceptors (Lipinski definition) is 2. The van der Waals surface area contributed by atoms with E-state index in [9.17, 15) is 14.7 Å². The molecule has 2 aliphatic rings. The molecule has 0 heterocycles. The van der Waals surface area contributed by atoms with Crippen LogP contribution in [0, 0.1) is 30.6 Å². The minimum atomic E-state index is -0.856. The molecule has 122 valence electrons. The van der Waals surface area contributed by atoms with Crippen LogP contribution >= 0.6 is 0 Å². The largest absolute Gasteiger partial charge is 0.481 e. The van der Waals surface area contributed by atoms with Crippen molar-refractivity contribution in [3.05, 3.63) is 47.5 Å². The molecule has 0 saturated heterocycles.